The number of nitrogens with one attached hydrogen (secondary N) is 1. The van der Waals surface area contributed by atoms with Gasteiger partial charge in [-0.3, -0.25) is 9.59 Å². The third-order valence-electron chi connectivity index (χ3n) is 5.04. The molecule has 10 heteroatoms. The fourth-order valence-electron chi connectivity index (χ4n) is 3.15. The predicted molar refractivity (Wildman–Crippen MR) is 125 cm³/mol. The molecule has 0 bridgehead atoms. The van der Waals surface area contributed by atoms with Gasteiger partial charge in [-0.1, -0.05) is 43.4 Å². The first-order valence-corrected chi connectivity index (χ1v) is 14.4. The molecule has 0 saturated carbocycles. The van der Waals surface area contributed by atoms with Crippen molar-refractivity contribution in [1.29, 1.82) is 0 Å². The number of carbonyl (C=O) groups excluding carboxylic acids is 1. The molecule has 0 radical (unpaired) electrons. The summed E-state index contributed by atoms with van der Waals surface area (Å²) >= 11 is 5.85. The molecule has 176 valence electrons. The Morgan fingerprint density at radius 3 is 2.42 bits per heavy atom. The molecule has 0 aliphatic rings. The maximum absolute atomic E-state index is 14.6. The van der Waals surface area contributed by atoms with E-state index in [0.29, 0.717) is 17.7 Å². The number of fused-ring (bicyclic) bond motifs is 1. The number of rotatable bonds is 8. The highest BCUT2D eigenvalue weighted by atomic mass is 35.5. The van der Waals surface area contributed by atoms with Gasteiger partial charge in [-0.15, -0.1) is 0 Å². The summed E-state index contributed by atoms with van der Waals surface area (Å²) in [4.78, 5) is 25.6. The van der Waals surface area contributed by atoms with E-state index in [-0.39, 0.29) is 18.8 Å². The first kappa shape index (κ1) is 25.0. The molecule has 0 atom stereocenters. The van der Waals surface area contributed by atoms with Gasteiger partial charge in [0.05, 0.1) is 10.9 Å². The Morgan fingerprint density at radius 2 is 1.79 bits per heavy atom. The van der Waals surface area contributed by atoms with Crippen molar-refractivity contribution < 1.29 is 22.7 Å². The summed E-state index contributed by atoms with van der Waals surface area (Å²) in [5.74, 6) is -5.46. The molecule has 0 unspecified atom stereocenters. The van der Waals surface area contributed by atoms with Gasteiger partial charge in [0.2, 0.25) is 5.43 Å². The molecule has 3 aromatic rings. The van der Waals surface area contributed by atoms with Crippen LogP contribution in [0.2, 0.25) is 30.7 Å². The van der Waals surface area contributed by atoms with Gasteiger partial charge in [-0.2, -0.15) is 0 Å². The molecular formula is C23H24ClF3N2O3Si. The summed E-state index contributed by atoms with van der Waals surface area (Å²) in [5.41, 5.74) is -0.964. The van der Waals surface area contributed by atoms with E-state index in [1.54, 1.807) is 24.3 Å². The fraction of sp³-hybridized carbons (Fsp3) is 0.304. The number of amides is 1. The average Bonchev–Trinajstić information content (AvgIpc) is 2.75. The Morgan fingerprint density at radius 1 is 1.12 bits per heavy atom. The zero-order valence-electron chi connectivity index (χ0n) is 18.5. The second kappa shape index (κ2) is 10.1. The highest BCUT2D eigenvalue weighted by molar-refractivity contribution is 6.76. The predicted octanol–water partition coefficient (Wildman–Crippen LogP) is 5.31. The molecule has 5 nitrogen and oxygen atoms in total. The molecule has 0 fully saturated rings. The molecule has 0 aliphatic heterocycles. The summed E-state index contributed by atoms with van der Waals surface area (Å²) in [7, 11) is -1.40. The summed E-state index contributed by atoms with van der Waals surface area (Å²) in [6.45, 7) is 6.71. The zero-order chi connectivity index (χ0) is 24.3. The third kappa shape index (κ3) is 6.04. The van der Waals surface area contributed by atoms with Gasteiger partial charge in [-0.25, -0.2) is 13.2 Å². The minimum absolute atomic E-state index is 0.104. The van der Waals surface area contributed by atoms with Gasteiger partial charge >= 0.3 is 0 Å². The highest BCUT2D eigenvalue weighted by Crippen LogP contribution is 2.22. The Kier molecular flexibility index (Phi) is 7.66. The van der Waals surface area contributed by atoms with E-state index in [1.807, 2.05) is 0 Å². The number of pyridine rings is 1. The molecule has 1 amide bonds. The number of hydrogen-bond acceptors (Lipinski definition) is 3. The number of halogens is 4. The summed E-state index contributed by atoms with van der Waals surface area (Å²) in [6, 6.07) is 8.16. The van der Waals surface area contributed by atoms with E-state index in [9.17, 15) is 22.8 Å². The van der Waals surface area contributed by atoms with Crippen LogP contribution in [0.5, 0.6) is 0 Å². The summed E-state index contributed by atoms with van der Waals surface area (Å²) in [5, 5.41) is 2.69. The summed E-state index contributed by atoms with van der Waals surface area (Å²) in [6.07, 6.45) is 1.11. The lowest BCUT2D eigenvalue weighted by molar-refractivity contribution is 0.0881. The van der Waals surface area contributed by atoms with E-state index in [1.165, 1.54) is 0 Å². The van der Waals surface area contributed by atoms with E-state index in [2.05, 4.69) is 25.0 Å². The van der Waals surface area contributed by atoms with Crippen LogP contribution in [0.4, 0.5) is 13.2 Å². The lowest BCUT2D eigenvalue weighted by Crippen LogP contribution is -2.30. The number of hydrogen-bond donors (Lipinski definition) is 1. The molecule has 2 aromatic carbocycles. The number of nitrogens with zero attached hydrogens (tertiary/aromatic N) is 1. The van der Waals surface area contributed by atoms with Crippen LogP contribution in [-0.4, -0.2) is 25.2 Å². The quantitative estimate of drug-likeness (QED) is 0.261. The average molecular weight is 497 g/mol. The van der Waals surface area contributed by atoms with Crippen molar-refractivity contribution in [3.8, 4) is 0 Å². The second-order valence-electron chi connectivity index (χ2n) is 8.88. The van der Waals surface area contributed by atoms with E-state index < -0.39 is 47.8 Å². The van der Waals surface area contributed by atoms with Gasteiger partial charge in [0.15, 0.2) is 17.5 Å². The molecule has 3 rings (SSSR count). The van der Waals surface area contributed by atoms with Crippen molar-refractivity contribution in [2.24, 2.45) is 0 Å². The Balaban J connectivity index is 1.96. The molecule has 0 saturated heterocycles. The van der Waals surface area contributed by atoms with Gasteiger partial charge in [-0.05, 0) is 29.8 Å². The van der Waals surface area contributed by atoms with Gasteiger partial charge in [0.25, 0.3) is 5.91 Å². The lowest BCUT2D eigenvalue weighted by atomic mass is 10.1. The van der Waals surface area contributed by atoms with Crippen molar-refractivity contribution in [2.45, 2.75) is 39.0 Å². The van der Waals surface area contributed by atoms with Crippen LogP contribution in [0.25, 0.3) is 10.9 Å². The monoisotopic (exact) mass is 496 g/mol. The maximum atomic E-state index is 14.6. The number of carbonyl (C=O) groups is 1. The number of aromatic nitrogens is 1. The van der Waals surface area contributed by atoms with E-state index in [4.69, 9.17) is 16.3 Å². The Labute approximate surface area is 195 Å². The molecular weight excluding hydrogens is 473 g/mol. The van der Waals surface area contributed by atoms with Crippen LogP contribution in [-0.2, 0) is 18.0 Å². The topological polar surface area (TPSA) is 60.3 Å². The molecule has 1 aromatic heterocycles. The minimum Gasteiger partial charge on any atom is -0.361 e. The van der Waals surface area contributed by atoms with E-state index >= 15 is 0 Å². The molecule has 0 spiro atoms. The first-order valence-electron chi connectivity index (χ1n) is 10.3. The Bertz CT molecular complexity index is 1240. The van der Waals surface area contributed by atoms with Crippen LogP contribution in [0.3, 0.4) is 0 Å². The first-order chi connectivity index (χ1) is 15.5. The van der Waals surface area contributed by atoms with Crippen molar-refractivity contribution in [3.05, 3.63) is 80.4 Å². The molecule has 0 aliphatic carbocycles. The van der Waals surface area contributed by atoms with Gasteiger partial charge in [0.1, 0.15) is 12.3 Å². The summed E-state index contributed by atoms with van der Waals surface area (Å²) < 4.78 is 49.1. The van der Waals surface area contributed by atoms with Crippen molar-refractivity contribution in [1.82, 2.24) is 9.88 Å². The van der Waals surface area contributed by atoms with E-state index in [0.717, 1.165) is 22.4 Å². The third-order valence-corrected chi connectivity index (χ3v) is 6.99. The van der Waals surface area contributed by atoms with Crippen LogP contribution in [0.15, 0.2) is 41.3 Å². The van der Waals surface area contributed by atoms with Crippen LogP contribution in [0, 0.1) is 17.5 Å². The Hall–Kier alpha value is -2.62. The highest BCUT2D eigenvalue weighted by Gasteiger charge is 2.22. The largest absolute Gasteiger partial charge is 0.361 e. The fourth-order valence-corrected chi connectivity index (χ4v) is 4.03. The molecule has 1 heterocycles. The number of benzene rings is 2. The standard InChI is InChI=1S/C23H24ClF3N2O3Si/c1-33(2,3)9-8-32-13-29-12-17(23(31)28-11-14-4-6-15(24)7-5-14)22(30)16-10-18(25)19(26)20(27)21(16)29/h4-7,10,12H,8-9,11,13H2,1-3H3,(H,28,31). The maximum Gasteiger partial charge on any atom is 0.257 e. The van der Waals surface area contributed by atoms with Gasteiger partial charge in [0, 0.05) is 32.4 Å². The van der Waals surface area contributed by atoms with Crippen molar-refractivity contribution in [3.63, 3.8) is 0 Å². The smallest absolute Gasteiger partial charge is 0.257 e. The normalized spacial score (nSPS) is 11.7. The zero-order valence-corrected chi connectivity index (χ0v) is 20.2. The van der Waals surface area contributed by atoms with Crippen molar-refractivity contribution in [2.75, 3.05) is 6.61 Å². The molecule has 1 N–H and O–H groups in total. The SMILES string of the molecule is C[Si](C)(C)CCOCn1cc(C(=O)NCc2ccc(Cl)cc2)c(=O)c2cc(F)c(F)c(F)c21. The van der Waals surface area contributed by atoms with Gasteiger partial charge < -0.3 is 14.6 Å². The van der Waals surface area contributed by atoms with Crippen molar-refractivity contribution >= 4 is 36.5 Å². The second-order valence-corrected chi connectivity index (χ2v) is 14.9. The van der Waals surface area contributed by atoms with Crippen LogP contribution >= 0.6 is 11.6 Å². The minimum atomic E-state index is -1.70. The number of ether oxygens (including phenoxy) is 1. The van der Waals surface area contributed by atoms with Crippen LogP contribution < -0.4 is 10.7 Å². The molecule has 33 heavy (non-hydrogen) atoms. The van der Waals surface area contributed by atoms with Crippen LogP contribution in [0.1, 0.15) is 15.9 Å². The lowest BCUT2D eigenvalue weighted by Gasteiger charge is -2.18.